The lowest BCUT2D eigenvalue weighted by molar-refractivity contribution is -0.116. The number of halogens is 1. The van der Waals surface area contributed by atoms with Crippen molar-refractivity contribution in [2.45, 2.75) is 12.8 Å². The Morgan fingerprint density at radius 3 is 2.78 bits per heavy atom. The zero-order chi connectivity index (χ0) is 18.6. The van der Waals surface area contributed by atoms with E-state index in [1.807, 2.05) is 83.5 Å². The van der Waals surface area contributed by atoms with E-state index in [0.29, 0.717) is 17.9 Å². The van der Waals surface area contributed by atoms with E-state index < -0.39 is 0 Å². The summed E-state index contributed by atoms with van der Waals surface area (Å²) < 4.78 is 1.98. The van der Waals surface area contributed by atoms with Gasteiger partial charge in [0.2, 0.25) is 5.91 Å². The number of rotatable bonds is 5. The molecule has 2 aromatic heterocycles. The van der Waals surface area contributed by atoms with Crippen LogP contribution in [0.1, 0.15) is 12.0 Å². The fourth-order valence-corrected chi connectivity index (χ4v) is 3.22. The number of benzene rings is 2. The Bertz CT molecular complexity index is 1070. The molecule has 0 saturated carbocycles. The summed E-state index contributed by atoms with van der Waals surface area (Å²) in [7, 11) is 0. The van der Waals surface area contributed by atoms with E-state index in [2.05, 4.69) is 10.3 Å². The highest BCUT2D eigenvalue weighted by molar-refractivity contribution is 6.30. The van der Waals surface area contributed by atoms with Crippen molar-refractivity contribution in [2.24, 2.45) is 0 Å². The van der Waals surface area contributed by atoms with Crippen molar-refractivity contribution in [3.05, 3.63) is 89.7 Å². The van der Waals surface area contributed by atoms with Gasteiger partial charge in [-0.2, -0.15) is 0 Å². The largest absolute Gasteiger partial charge is 0.326 e. The van der Waals surface area contributed by atoms with Crippen molar-refractivity contribution < 1.29 is 4.79 Å². The van der Waals surface area contributed by atoms with Crippen LogP contribution in [0.15, 0.2) is 79.1 Å². The molecule has 0 unspecified atom stereocenters. The standard InChI is InChI=1S/C22H18ClN3O/c23-18-7-3-5-16(13-18)10-11-22(27)24-19-8-4-6-17(14-19)20-15-26-12-2-1-9-21(26)25-20/h1-9,12-15H,10-11H2,(H,24,27). The average molecular weight is 376 g/mol. The van der Waals surface area contributed by atoms with Gasteiger partial charge in [0.25, 0.3) is 0 Å². The normalized spacial score (nSPS) is 10.9. The number of hydrogen-bond donors (Lipinski definition) is 1. The van der Waals surface area contributed by atoms with Crippen molar-refractivity contribution in [3.63, 3.8) is 0 Å². The molecule has 1 N–H and O–H groups in total. The van der Waals surface area contributed by atoms with Gasteiger partial charge in [0, 0.05) is 35.1 Å². The first-order valence-corrected chi connectivity index (χ1v) is 9.14. The summed E-state index contributed by atoms with van der Waals surface area (Å²) >= 11 is 5.99. The van der Waals surface area contributed by atoms with Gasteiger partial charge in [-0.3, -0.25) is 4.79 Å². The molecule has 0 spiro atoms. The van der Waals surface area contributed by atoms with Crippen molar-refractivity contribution in [3.8, 4) is 11.3 Å². The van der Waals surface area contributed by atoms with E-state index in [4.69, 9.17) is 11.6 Å². The number of carbonyl (C=O) groups excluding carboxylic acids is 1. The third kappa shape index (κ3) is 4.18. The second-order valence-electron chi connectivity index (χ2n) is 6.35. The van der Waals surface area contributed by atoms with Gasteiger partial charge in [-0.15, -0.1) is 0 Å². The quantitative estimate of drug-likeness (QED) is 0.519. The maximum Gasteiger partial charge on any atom is 0.224 e. The monoisotopic (exact) mass is 375 g/mol. The van der Waals surface area contributed by atoms with Gasteiger partial charge in [-0.25, -0.2) is 4.98 Å². The Balaban J connectivity index is 1.45. The molecule has 5 heteroatoms. The summed E-state index contributed by atoms with van der Waals surface area (Å²) in [5.41, 5.74) is 4.54. The van der Waals surface area contributed by atoms with E-state index >= 15 is 0 Å². The molecule has 134 valence electrons. The van der Waals surface area contributed by atoms with Crippen LogP contribution in [0.5, 0.6) is 0 Å². The highest BCUT2D eigenvalue weighted by atomic mass is 35.5. The molecule has 0 bridgehead atoms. The Kier molecular flexibility index (Phi) is 4.90. The number of hydrogen-bond acceptors (Lipinski definition) is 2. The molecule has 0 fully saturated rings. The highest BCUT2D eigenvalue weighted by Crippen LogP contribution is 2.22. The van der Waals surface area contributed by atoms with Crippen LogP contribution >= 0.6 is 11.6 Å². The van der Waals surface area contributed by atoms with Gasteiger partial charge in [0.15, 0.2) is 0 Å². The van der Waals surface area contributed by atoms with Gasteiger partial charge < -0.3 is 9.72 Å². The number of carbonyl (C=O) groups is 1. The lowest BCUT2D eigenvalue weighted by Crippen LogP contribution is -2.12. The van der Waals surface area contributed by atoms with E-state index in [0.717, 1.165) is 28.2 Å². The Morgan fingerprint density at radius 1 is 1.04 bits per heavy atom. The summed E-state index contributed by atoms with van der Waals surface area (Å²) in [6, 6.07) is 21.2. The Morgan fingerprint density at radius 2 is 1.93 bits per heavy atom. The molecule has 2 aromatic carbocycles. The zero-order valence-electron chi connectivity index (χ0n) is 14.6. The van der Waals surface area contributed by atoms with Crippen LogP contribution in [0, 0.1) is 0 Å². The number of amides is 1. The van der Waals surface area contributed by atoms with E-state index in [1.54, 1.807) is 0 Å². The van der Waals surface area contributed by atoms with E-state index in [-0.39, 0.29) is 5.91 Å². The molecule has 27 heavy (non-hydrogen) atoms. The second kappa shape index (κ2) is 7.64. The molecule has 0 aliphatic rings. The molecule has 0 radical (unpaired) electrons. The lowest BCUT2D eigenvalue weighted by atomic mass is 10.1. The van der Waals surface area contributed by atoms with Crippen LogP contribution in [0.2, 0.25) is 5.02 Å². The molecule has 0 aliphatic carbocycles. The predicted octanol–water partition coefficient (Wildman–Crippen LogP) is 5.23. The van der Waals surface area contributed by atoms with Crippen LogP contribution in [0.25, 0.3) is 16.9 Å². The Hall–Kier alpha value is -3.11. The van der Waals surface area contributed by atoms with E-state index in [9.17, 15) is 4.79 Å². The summed E-state index contributed by atoms with van der Waals surface area (Å²) in [6.45, 7) is 0. The molecule has 0 aliphatic heterocycles. The average Bonchev–Trinajstić information content (AvgIpc) is 3.11. The van der Waals surface area contributed by atoms with Crippen molar-refractivity contribution >= 4 is 28.8 Å². The third-order valence-corrected chi connectivity index (χ3v) is 4.57. The minimum Gasteiger partial charge on any atom is -0.326 e. The Labute approximate surface area is 162 Å². The minimum absolute atomic E-state index is 0.0258. The number of imidazole rings is 1. The topological polar surface area (TPSA) is 46.4 Å². The molecule has 4 rings (SSSR count). The smallest absolute Gasteiger partial charge is 0.224 e. The molecular weight excluding hydrogens is 358 g/mol. The third-order valence-electron chi connectivity index (χ3n) is 4.34. The number of anilines is 1. The van der Waals surface area contributed by atoms with Crippen LogP contribution in [-0.2, 0) is 11.2 Å². The van der Waals surface area contributed by atoms with Gasteiger partial charge in [-0.05, 0) is 48.4 Å². The number of aryl methyl sites for hydroxylation is 1. The van der Waals surface area contributed by atoms with Crippen LogP contribution in [0.4, 0.5) is 5.69 Å². The van der Waals surface area contributed by atoms with Crippen LogP contribution in [0.3, 0.4) is 0 Å². The van der Waals surface area contributed by atoms with Crippen LogP contribution < -0.4 is 5.32 Å². The highest BCUT2D eigenvalue weighted by Gasteiger charge is 2.07. The summed E-state index contributed by atoms with van der Waals surface area (Å²) in [4.78, 5) is 16.9. The maximum atomic E-state index is 12.3. The first kappa shape index (κ1) is 17.3. The SMILES string of the molecule is O=C(CCc1cccc(Cl)c1)Nc1cccc(-c2cn3ccccc3n2)c1. The fraction of sp³-hybridized carbons (Fsp3) is 0.0909. The van der Waals surface area contributed by atoms with Gasteiger partial charge >= 0.3 is 0 Å². The van der Waals surface area contributed by atoms with Crippen molar-refractivity contribution in [1.82, 2.24) is 9.38 Å². The number of aromatic nitrogens is 2. The van der Waals surface area contributed by atoms with Gasteiger partial charge in [0.05, 0.1) is 5.69 Å². The zero-order valence-corrected chi connectivity index (χ0v) is 15.4. The molecule has 4 aromatic rings. The molecule has 0 atom stereocenters. The summed E-state index contributed by atoms with van der Waals surface area (Å²) in [6.07, 6.45) is 5.00. The molecule has 1 amide bonds. The minimum atomic E-state index is -0.0258. The van der Waals surface area contributed by atoms with Gasteiger partial charge in [0.1, 0.15) is 5.65 Å². The number of nitrogens with zero attached hydrogens (tertiary/aromatic N) is 2. The summed E-state index contributed by atoms with van der Waals surface area (Å²) in [5, 5.41) is 3.65. The lowest BCUT2D eigenvalue weighted by Gasteiger charge is -2.07. The summed E-state index contributed by atoms with van der Waals surface area (Å²) in [5.74, 6) is -0.0258. The molecule has 4 nitrogen and oxygen atoms in total. The predicted molar refractivity (Wildman–Crippen MR) is 109 cm³/mol. The van der Waals surface area contributed by atoms with Crippen molar-refractivity contribution in [1.29, 1.82) is 0 Å². The number of pyridine rings is 1. The van der Waals surface area contributed by atoms with Crippen LogP contribution in [-0.4, -0.2) is 15.3 Å². The van der Waals surface area contributed by atoms with E-state index in [1.165, 1.54) is 0 Å². The van der Waals surface area contributed by atoms with Gasteiger partial charge in [-0.1, -0.05) is 41.9 Å². The number of nitrogens with one attached hydrogen (secondary N) is 1. The molecule has 2 heterocycles. The molecule has 0 saturated heterocycles. The maximum absolute atomic E-state index is 12.3. The van der Waals surface area contributed by atoms with Crippen molar-refractivity contribution in [2.75, 3.05) is 5.32 Å². The number of fused-ring (bicyclic) bond motifs is 1. The second-order valence-corrected chi connectivity index (χ2v) is 6.79. The first-order chi connectivity index (χ1) is 13.2. The molecular formula is C22H18ClN3O. The fourth-order valence-electron chi connectivity index (χ4n) is 3.00. The first-order valence-electron chi connectivity index (χ1n) is 8.76.